The van der Waals surface area contributed by atoms with Crippen molar-refractivity contribution in [3.8, 4) is 5.75 Å². The van der Waals surface area contributed by atoms with E-state index >= 15 is 0 Å². The molecule has 0 radical (unpaired) electrons. The Morgan fingerprint density at radius 3 is 2.19 bits per heavy atom. The van der Waals surface area contributed by atoms with Crippen molar-refractivity contribution in [2.45, 2.75) is 60.3 Å². The summed E-state index contributed by atoms with van der Waals surface area (Å²) in [4.78, 5) is 11.6. The molecule has 0 fully saturated rings. The van der Waals surface area contributed by atoms with Crippen molar-refractivity contribution >= 4 is 5.97 Å². The van der Waals surface area contributed by atoms with Crippen LogP contribution in [0.25, 0.3) is 0 Å². The molecule has 3 heteroatoms. The molecule has 0 amide bonds. The molecule has 1 rings (SSSR count). The van der Waals surface area contributed by atoms with Crippen molar-refractivity contribution < 1.29 is 14.3 Å². The van der Waals surface area contributed by atoms with Gasteiger partial charge in [-0.1, -0.05) is 28.9 Å². The van der Waals surface area contributed by atoms with E-state index in [-0.39, 0.29) is 5.97 Å². The average molecular weight is 371 g/mol. The first-order valence-corrected chi connectivity index (χ1v) is 9.60. The zero-order valence-corrected chi connectivity index (χ0v) is 17.7. The van der Waals surface area contributed by atoms with E-state index in [2.05, 4.69) is 45.9 Å². The molecule has 0 N–H and O–H groups in total. The number of hydrogen-bond donors (Lipinski definition) is 0. The molecular weight excluding hydrogens is 336 g/mol. The van der Waals surface area contributed by atoms with Gasteiger partial charge in [0.25, 0.3) is 0 Å². The van der Waals surface area contributed by atoms with Gasteiger partial charge in [0.15, 0.2) is 0 Å². The molecule has 0 saturated heterocycles. The normalized spacial score (nSPS) is 11.9. The van der Waals surface area contributed by atoms with Crippen molar-refractivity contribution in [2.75, 3.05) is 13.7 Å². The molecule has 0 heterocycles. The zero-order chi connectivity index (χ0) is 20.2. The van der Waals surface area contributed by atoms with Crippen molar-refractivity contribution in [2.24, 2.45) is 0 Å². The lowest BCUT2D eigenvalue weighted by molar-refractivity contribution is 0.0600. The van der Waals surface area contributed by atoms with Crippen LogP contribution in [0.4, 0.5) is 0 Å². The van der Waals surface area contributed by atoms with Gasteiger partial charge in [-0.05, 0) is 90.1 Å². The molecule has 0 unspecified atom stereocenters. The summed E-state index contributed by atoms with van der Waals surface area (Å²) in [5, 5.41) is 0. The number of carbonyl (C=O) groups excluding carboxylic acids is 1. The van der Waals surface area contributed by atoms with Gasteiger partial charge < -0.3 is 9.47 Å². The number of rotatable bonds is 10. The summed E-state index contributed by atoms with van der Waals surface area (Å²) in [7, 11) is 1.39. The van der Waals surface area contributed by atoms with Gasteiger partial charge in [-0.15, -0.1) is 0 Å². The first kappa shape index (κ1) is 22.8. The van der Waals surface area contributed by atoms with E-state index in [1.165, 1.54) is 23.8 Å². The number of ether oxygens (including phenoxy) is 2. The van der Waals surface area contributed by atoms with E-state index < -0.39 is 0 Å². The second-order valence-corrected chi connectivity index (χ2v) is 7.24. The molecule has 0 aromatic heterocycles. The number of benzene rings is 1. The molecule has 0 spiro atoms. The molecule has 27 heavy (non-hydrogen) atoms. The Bertz CT molecular complexity index is 704. The monoisotopic (exact) mass is 370 g/mol. The fourth-order valence-electron chi connectivity index (χ4n) is 2.68. The SMILES string of the molecule is COC(=O)c1ccc(OC/C=C(\C)CC/C=C(\C)CCC=C(C)C)cc1C. The molecule has 0 aliphatic carbocycles. The summed E-state index contributed by atoms with van der Waals surface area (Å²) in [5.74, 6) is 0.443. The molecule has 0 aliphatic rings. The van der Waals surface area contributed by atoms with Crippen LogP contribution in [0.1, 0.15) is 69.3 Å². The lowest BCUT2D eigenvalue weighted by atomic mass is 10.1. The maximum Gasteiger partial charge on any atom is 0.338 e. The van der Waals surface area contributed by atoms with Gasteiger partial charge in [-0.3, -0.25) is 0 Å². The number of esters is 1. The minimum absolute atomic E-state index is 0.320. The Hall–Kier alpha value is -2.29. The average Bonchev–Trinajstić information content (AvgIpc) is 2.61. The van der Waals surface area contributed by atoms with E-state index in [0.717, 1.165) is 37.0 Å². The Labute approximate surface area is 164 Å². The number of aryl methyl sites for hydroxylation is 1. The minimum atomic E-state index is -0.320. The van der Waals surface area contributed by atoms with Crippen molar-refractivity contribution in [1.29, 1.82) is 0 Å². The third-order valence-corrected chi connectivity index (χ3v) is 4.41. The Balaban J connectivity index is 2.41. The van der Waals surface area contributed by atoms with E-state index in [1.807, 2.05) is 13.0 Å². The summed E-state index contributed by atoms with van der Waals surface area (Å²) in [6, 6.07) is 5.42. The molecule has 1 aromatic carbocycles. The largest absolute Gasteiger partial charge is 0.490 e. The van der Waals surface area contributed by atoms with Gasteiger partial charge in [0.1, 0.15) is 12.4 Å². The first-order chi connectivity index (χ1) is 12.8. The summed E-state index contributed by atoms with van der Waals surface area (Å²) in [6.07, 6.45) is 11.1. The van der Waals surface area contributed by atoms with Gasteiger partial charge in [-0.25, -0.2) is 4.79 Å². The van der Waals surface area contributed by atoms with Crippen LogP contribution < -0.4 is 4.74 Å². The number of allylic oxidation sites excluding steroid dienone is 5. The van der Waals surface area contributed by atoms with E-state index in [4.69, 9.17) is 9.47 Å². The predicted molar refractivity (Wildman–Crippen MR) is 113 cm³/mol. The van der Waals surface area contributed by atoms with Crippen LogP contribution in [-0.2, 0) is 4.74 Å². The smallest absolute Gasteiger partial charge is 0.338 e. The number of hydrogen-bond acceptors (Lipinski definition) is 3. The summed E-state index contributed by atoms with van der Waals surface area (Å²) < 4.78 is 10.5. The second-order valence-electron chi connectivity index (χ2n) is 7.24. The Morgan fingerprint density at radius 2 is 1.59 bits per heavy atom. The second kappa shape index (κ2) is 12.2. The Morgan fingerprint density at radius 1 is 0.963 bits per heavy atom. The first-order valence-electron chi connectivity index (χ1n) is 9.60. The van der Waals surface area contributed by atoms with Gasteiger partial charge in [-0.2, -0.15) is 0 Å². The highest BCUT2D eigenvalue weighted by Gasteiger charge is 2.09. The van der Waals surface area contributed by atoms with Crippen molar-refractivity contribution in [3.05, 3.63) is 64.3 Å². The quantitative estimate of drug-likeness (QED) is 0.345. The fraction of sp³-hybridized carbons (Fsp3) is 0.458. The molecule has 0 aliphatic heterocycles. The molecule has 3 nitrogen and oxygen atoms in total. The lowest BCUT2D eigenvalue weighted by Crippen LogP contribution is -2.04. The molecule has 0 bridgehead atoms. The summed E-state index contributed by atoms with van der Waals surface area (Å²) in [5.41, 5.74) is 5.60. The zero-order valence-electron chi connectivity index (χ0n) is 17.7. The topological polar surface area (TPSA) is 35.5 Å². The van der Waals surface area contributed by atoms with Crippen LogP contribution >= 0.6 is 0 Å². The summed E-state index contributed by atoms with van der Waals surface area (Å²) in [6.45, 7) is 11.1. The molecule has 0 atom stereocenters. The van der Waals surface area contributed by atoms with Crippen LogP contribution in [0.5, 0.6) is 5.75 Å². The van der Waals surface area contributed by atoms with Crippen molar-refractivity contribution in [1.82, 2.24) is 0 Å². The molecular formula is C24H34O3. The number of carbonyl (C=O) groups is 1. The van der Waals surface area contributed by atoms with Gasteiger partial charge in [0.05, 0.1) is 12.7 Å². The highest BCUT2D eigenvalue weighted by atomic mass is 16.5. The minimum Gasteiger partial charge on any atom is -0.490 e. The third kappa shape index (κ3) is 9.28. The predicted octanol–water partition coefficient (Wildman–Crippen LogP) is 6.58. The molecule has 148 valence electrons. The number of methoxy groups -OCH3 is 1. The van der Waals surface area contributed by atoms with Gasteiger partial charge >= 0.3 is 5.97 Å². The highest BCUT2D eigenvalue weighted by Crippen LogP contribution is 2.18. The maximum absolute atomic E-state index is 11.6. The van der Waals surface area contributed by atoms with Crippen LogP contribution in [0.2, 0.25) is 0 Å². The maximum atomic E-state index is 11.6. The fourth-order valence-corrected chi connectivity index (χ4v) is 2.68. The lowest BCUT2D eigenvalue weighted by Gasteiger charge is -2.08. The molecule has 0 saturated carbocycles. The third-order valence-electron chi connectivity index (χ3n) is 4.41. The highest BCUT2D eigenvalue weighted by molar-refractivity contribution is 5.91. The molecule has 1 aromatic rings. The summed E-state index contributed by atoms with van der Waals surface area (Å²) >= 11 is 0. The standard InChI is InChI=1S/C24H34O3/c1-18(2)9-7-10-19(3)11-8-12-20(4)15-16-27-22-13-14-23(21(5)17-22)24(25)26-6/h9,11,13-15,17H,7-8,10,12,16H2,1-6H3/b19-11+,20-15+. The van der Waals surface area contributed by atoms with Crippen LogP contribution in [0.3, 0.4) is 0 Å². The van der Waals surface area contributed by atoms with Crippen molar-refractivity contribution in [3.63, 3.8) is 0 Å². The van der Waals surface area contributed by atoms with Crippen LogP contribution in [0, 0.1) is 6.92 Å². The van der Waals surface area contributed by atoms with E-state index in [9.17, 15) is 4.79 Å². The van der Waals surface area contributed by atoms with Gasteiger partial charge in [0.2, 0.25) is 0 Å². The van der Waals surface area contributed by atoms with Crippen LogP contribution in [-0.4, -0.2) is 19.7 Å². The van der Waals surface area contributed by atoms with Gasteiger partial charge in [0, 0.05) is 0 Å². The van der Waals surface area contributed by atoms with Crippen LogP contribution in [0.15, 0.2) is 53.1 Å². The van der Waals surface area contributed by atoms with E-state index in [0.29, 0.717) is 12.2 Å². The Kier molecular flexibility index (Phi) is 10.2. The van der Waals surface area contributed by atoms with E-state index in [1.54, 1.807) is 12.1 Å².